The molecule has 0 aliphatic rings. The molecule has 0 unspecified atom stereocenters. The second kappa shape index (κ2) is 6.38. The summed E-state index contributed by atoms with van der Waals surface area (Å²) < 4.78 is 39.3. The number of aryl methyl sites for hydroxylation is 1. The molecule has 1 heterocycles. The first-order valence-electron chi connectivity index (χ1n) is 7.57. The lowest BCUT2D eigenvalue weighted by Gasteiger charge is -2.15. The van der Waals surface area contributed by atoms with Crippen LogP contribution in [0.2, 0.25) is 0 Å². The Kier molecular flexibility index (Phi) is 4.40. The van der Waals surface area contributed by atoms with Gasteiger partial charge in [0, 0.05) is 19.2 Å². The van der Waals surface area contributed by atoms with Gasteiger partial charge in [0.2, 0.25) is 10.0 Å². The molecule has 1 aromatic heterocycles. The van der Waals surface area contributed by atoms with Crippen LogP contribution in [0.3, 0.4) is 0 Å². The van der Waals surface area contributed by atoms with Crippen LogP contribution in [0.15, 0.2) is 56.6 Å². The zero-order chi connectivity index (χ0) is 18.2. The fraction of sp³-hybridized carbons (Fsp3) is 0.235. The monoisotopic (exact) mass is 362 g/mol. The Balaban J connectivity index is 1.89. The van der Waals surface area contributed by atoms with Crippen molar-refractivity contribution in [1.82, 2.24) is 9.29 Å². The summed E-state index contributed by atoms with van der Waals surface area (Å²) >= 11 is 0. The molecule has 0 aliphatic heterocycles. The molecule has 0 bridgehead atoms. The topological polar surface area (TPSA) is 90.5 Å². The largest absolute Gasteiger partial charge is 0.497 e. The first-order valence-corrected chi connectivity index (χ1v) is 9.06. The summed E-state index contributed by atoms with van der Waals surface area (Å²) in [5.74, 6) is 0.160. The van der Waals surface area contributed by atoms with E-state index in [-0.39, 0.29) is 10.5 Å². The van der Waals surface area contributed by atoms with Gasteiger partial charge < -0.3 is 9.15 Å². The van der Waals surface area contributed by atoms with Crippen molar-refractivity contribution in [3.63, 3.8) is 0 Å². The molecule has 0 spiro atoms. The molecule has 132 valence electrons. The predicted molar refractivity (Wildman–Crippen MR) is 93.2 cm³/mol. The number of sulfonamides is 1. The van der Waals surface area contributed by atoms with Gasteiger partial charge in [-0.25, -0.2) is 17.9 Å². The van der Waals surface area contributed by atoms with Crippen LogP contribution >= 0.6 is 0 Å². The van der Waals surface area contributed by atoms with Gasteiger partial charge in [0.15, 0.2) is 5.58 Å². The summed E-state index contributed by atoms with van der Waals surface area (Å²) in [7, 11) is -0.640. The number of oxazole rings is 1. The molecule has 2 aromatic carbocycles. The van der Waals surface area contributed by atoms with E-state index in [1.54, 1.807) is 51.4 Å². The molecule has 0 amide bonds. The maximum absolute atomic E-state index is 12.6. The molecule has 0 radical (unpaired) electrons. The second-order valence-corrected chi connectivity index (χ2v) is 7.39. The van der Waals surface area contributed by atoms with E-state index in [0.29, 0.717) is 11.3 Å². The van der Waals surface area contributed by atoms with Crippen LogP contribution in [-0.4, -0.2) is 20.1 Å². The lowest BCUT2D eigenvalue weighted by Crippen LogP contribution is -2.26. The summed E-state index contributed by atoms with van der Waals surface area (Å²) in [5.41, 5.74) is 1.57. The Morgan fingerprint density at radius 2 is 1.84 bits per heavy atom. The van der Waals surface area contributed by atoms with Gasteiger partial charge in [0.25, 0.3) is 0 Å². The minimum Gasteiger partial charge on any atom is -0.497 e. The molecule has 7 nitrogen and oxygen atoms in total. The summed E-state index contributed by atoms with van der Waals surface area (Å²) in [5, 5.41) is 0. The van der Waals surface area contributed by atoms with E-state index in [0.717, 1.165) is 5.56 Å². The highest BCUT2D eigenvalue weighted by Gasteiger charge is 2.20. The molecule has 0 aliphatic carbocycles. The van der Waals surface area contributed by atoms with Crippen LogP contribution in [0.5, 0.6) is 5.75 Å². The second-order valence-electron chi connectivity index (χ2n) is 5.67. The first kappa shape index (κ1) is 17.2. The number of hydrogen-bond donors (Lipinski definition) is 1. The number of ether oxygens (including phenoxy) is 1. The number of hydrogen-bond acceptors (Lipinski definition) is 5. The van der Waals surface area contributed by atoms with Crippen molar-refractivity contribution >= 4 is 21.1 Å². The van der Waals surface area contributed by atoms with Crippen molar-refractivity contribution in [2.24, 2.45) is 7.05 Å². The van der Waals surface area contributed by atoms with Gasteiger partial charge in [-0.1, -0.05) is 12.1 Å². The van der Waals surface area contributed by atoms with E-state index in [9.17, 15) is 13.2 Å². The Morgan fingerprint density at radius 1 is 1.16 bits per heavy atom. The SMILES string of the molecule is COc1ccc([C@@H](C)NS(=O)(=O)c2ccc3c(c2)oc(=O)n3C)cc1. The Bertz CT molecular complexity index is 1060. The number of rotatable bonds is 5. The van der Waals surface area contributed by atoms with Crippen LogP contribution < -0.4 is 15.2 Å². The Labute approximate surface area is 144 Å². The van der Waals surface area contributed by atoms with Crippen molar-refractivity contribution in [1.29, 1.82) is 0 Å². The van der Waals surface area contributed by atoms with Crippen LogP contribution in [0.4, 0.5) is 0 Å². The molecular weight excluding hydrogens is 344 g/mol. The maximum Gasteiger partial charge on any atom is 0.419 e. The van der Waals surface area contributed by atoms with Gasteiger partial charge in [0.05, 0.1) is 17.5 Å². The van der Waals surface area contributed by atoms with Crippen LogP contribution in [0.1, 0.15) is 18.5 Å². The average molecular weight is 362 g/mol. The molecule has 0 saturated carbocycles. The number of nitrogens with one attached hydrogen (secondary N) is 1. The molecule has 0 fully saturated rings. The smallest absolute Gasteiger partial charge is 0.419 e. The molecule has 3 rings (SSSR count). The lowest BCUT2D eigenvalue weighted by molar-refractivity contribution is 0.414. The van der Waals surface area contributed by atoms with Crippen LogP contribution in [0, 0.1) is 0 Å². The van der Waals surface area contributed by atoms with E-state index in [2.05, 4.69) is 4.72 Å². The van der Waals surface area contributed by atoms with Crippen molar-refractivity contribution in [2.45, 2.75) is 17.9 Å². The van der Waals surface area contributed by atoms with Gasteiger partial charge in [-0.2, -0.15) is 0 Å². The molecule has 8 heteroatoms. The van der Waals surface area contributed by atoms with Gasteiger partial charge in [0.1, 0.15) is 5.75 Å². The zero-order valence-electron chi connectivity index (χ0n) is 14.0. The molecule has 0 saturated heterocycles. The van der Waals surface area contributed by atoms with Crippen molar-refractivity contribution < 1.29 is 17.6 Å². The number of aromatic nitrogens is 1. The number of fused-ring (bicyclic) bond motifs is 1. The Morgan fingerprint density at radius 3 is 2.48 bits per heavy atom. The predicted octanol–water partition coefficient (Wildman–Crippen LogP) is 2.18. The average Bonchev–Trinajstić information content (AvgIpc) is 2.88. The van der Waals surface area contributed by atoms with Crippen LogP contribution in [0.25, 0.3) is 11.1 Å². The van der Waals surface area contributed by atoms with Crippen molar-refractivity contribution in [3.05, 3.63) is 58.6 Å². The maximum atomic E-state index is 12.6. The highest BCUT2D eigenvalue weighted by atomic mass is 32.2. The van der Waals surface area contributed by atoms with Crippen molar-refractivity contribution in [2.75, 3.05) is 7.11 Å². The number of nitrogens with zero attached hydrogens (tertiary/aromatic N) is 1. The van der Waals surface area contributed by atoms with Gasteiger partial charge in [-0.15, -0.1) is 0 Å². The van der Waals surface area contributed by atoms with Gasteiger partial charge in [-0.3, -0.25) is 4.57 Å². The minimum atomic E-state index is -3.77. The van der Waals surface area contributed by atoms with E-state index in [1.807, 2.05) is 0 Å². The van der Waals surface area contributed by atoms with Crippen molar-refractivity contribution in [3.8, 4) is 5.75 Å². The third-order valence-corrected chi connectivity index (χ3v) is 5.56. The van der Waals surface area contributed by atoms with Gasteiger partial charge >= 0.3 is 5.76 Å². The van der Waals surface area contributed by atoms with Crippen LogP contribution in [-0.2, 0) is 17.1 Å². The van der Waals surface area contributed by atoms with E-state index in [1.165, 1.54) is 16.7 Å². The summed E-state index contributed by atoms with van der Waals surface area (Å²) in [4.78, 5) is 11.6. The molecule has 25 heavy (non-hydrogen) atoms. The minimum absolute atomic E-state index is 0.0368. The first-order chi connectivity index (χ1) is 11.8. The highest BCUT2D eigenvalue weighted by Crippen LogP contribution is 2.22. The van der Waals surface area contributed by atoms with E-state index < -0.39 is 21.8 Å². The Hall–Kier alpha value is -2.58. The normalized spacial score (nSPS) is 13.1. The zero-order valence-corrected chi connectivity index (χ0v) is 14.8. The molecule has 3 aromatic rings. The number of methoxy groups -OCH3 is 1. The summed E-state index contributed by atoms with van der Waals surface area (Å²) in [6.07, 6.45) is 0. The lowest BCUT2D eigenvalue weighted by atomic mass is 10.1. The van der Waals surface area contributed by atoms with E-state index >= 15 is 0 Å². The standard InChI is InChI=1S/C17H18N2O5S/c1-11(12-4-6-13(23-3)7-5-12)18-25(21,22)14-8-9-15-16(10-14)24-17(20)19(15)2/h4-11,18H,1-3H3/t11-/m1/s1. The van der Waals surface area contributed by atoms with Gasteiger partial charge in [-0.05, 0) is 36.8 Å². The fourth-order valence-electron chi connectivity index (χ4n) is 2.54. The molecule has 1 N–H and O–H groups in total. The quantitative estimate of drug-likeness (QED) is 0.751. The third-order valence-electron chi connectivity index (χ3n) is 4.02. The summed E-state index contributed by atoms with van der Waals surface area (Å²) in [6.45, 7) is 1.75. The molecular formula is C17H18N2O5S. The summed E-state index contributed by atoms with van der Waals surface area (Å²) in [6, 6.07) is 11.0. The third kappa shape index (κ3) is 3.31. The molecule has 1 atom stereocenters. The highest BCUT2D eigenvalue weighted by molar-refractivity contribution is 7.89. The number of benzene rings is 2. The van der Waals surface area contributed by atoms with E-state index in [4.69, 9.17) is 9.15 Å². The fourth-order valence-corrected chi connectivity index (χ4v) is 3.79.